The van der Waals surface area contributed by atoms with Crippen molar-refractivity contribution in [3.8, 4) is 0 Å². The maximum atomic E-state index is 13.2. The monoisotopic (exact) mass is 405 g/mol. The molecule has 7 heteroatoms. The van der Waals surface area contributed by atoms with Crippen molar-refractivity contribution in [2.75, 3.05) is 5.32 Å². The van der Waals surface area contributed by atoms with Gasteiger partial charge in [-0.1, -0.05) is 49.5 Å². The van der Waals surface area contributed by atoms with Crippen LogP contribution < -0.4 is 15.0 Å². The Hall–Kier alpha value is -3.58. The molecule has 2 aromatic carbocycles. The highest BCUT2D eigenvalue weighted by Gasteiger charge is 2.19. The van der Waals surface area contributed by atoms with Crippen LogP contribution in [0.15, 0.2) is 79.1 Å². The molecule has 0 saturated heterocycles. The number of pyridine rings is 1. The second-order valence-corrected chi connectivity index (χ2v) is 6.68. The number of nitrogens with one attached hydrogen (secondary N) is 1. The number of rotatable bonds is 6. The maximum Gasteiger partial charge on any atom is 0.270 e. The number of nitro benzene ring substituents is 1. The van der Waals surface area contributed by atoms with E-state index in [1.165, 1.54) is 29.8 Å². The molecule has 29 heavy (non-hydrogen) atoms. The van der Waals surface area contributed by atoms with Crippen molar-refractivity contribution in [1.82, 2.24) is 0 Å². The summed E-state index contributed by atoms with van der Waals surface area (Å²) >= 11 is 5.54. The van der Waals surface area contributed by atoms with Gasteiger partial charge in [-0.3, -0.25) is 10.1 Å². The lowest BCUT2D eigenvalue weighted by molar-refractivity contribution is -0.577. The lowest BCUT2D eigenvalue weighted by atomic mass is 10.1. The lowest BCUT2D eigenvalue weighted by Crippen LogP contribution is -2.39. The minimum Gasteiger partial charge on any atom is -0.867 e. The van der Waals surface area contributed by atoms with Gasteiger partial charge in [0.05, 0.1) is 4.92 Å². The molecule has 1 aromatic heterocycles. The molecule has 3 rings (SSSR count). The maximum absolute atomic E-state index is 13.2. The Kier molecular flexibility index (Phi) is 6.31. The van der Waals surface area contributed by atoms with Gasteiger partial charge in [0.2, 0.25) is 5.70 Å². The number of hydrogen-bond acceptors (Lipinski definition) is 4. The average molecular weight is 405 g/mol. The van der Waals surface area contributed by atoms with Crippen molar-refractivity contribution >= 4 is 40.0 Å². The molecule has 0 amide bonds. The van der Waals surface area contributed by atoms with Crippen molar-refractivity contribution in [2.45, 2.75) is 13.3 Å². The first-order chi connectivity index (χ1) is 14.0. The van der Waals surface area contributed by atoms with Crippen LogP contribution in [0.5, 0.6) is 0 Å². The number of aryl methyl sites for hydroxylation is 1. The van der Waals surface area contributed by atoms with Gasteiger partial charge in [0.1, 0.15) is 0 Å². The molecule has 0 saturated carbocycles. The molecule has 0 atom stereocenters. The Morgan fingerprint density at radius 1 is 1.07 bits per heavy atom. The SMILES string of the molecule is CCc1ccc(NC(=S)C(=C([O-])c2cccc([N+](=O)[O-])c2)[n+]2ccccc2)cc1. The molecule has 0 unspecified atom stereocenters. The van der Waals surface area contributed by atoms with Crippen LogP contribution in [0.2, 0.25) is 0 Å². The summed E-state index contributed by atoms with van der Waals surface area (Å²) in [6.45, 7) is 2.07. The molecule has 0 aliphatic rings. The van der Waals surface area contributed by atoms with Crippen molar-refractivity contribution in [3.05, 3.63) is 100 Å². The van der Waals surface area contributed by atoms with Gasteiger partial charge in [0.15, 0.2) is 17.4 Å². The summed E-state index contributed by atoms with van der Waals surface area (Å²) in [4.78, 5) is 10.8. The Labute approximate surface area is 173 Å². The predicted octanol–water partition coefficient (Wildman–Crippen LogP) is 3.57. The molecular formula is C22H19N3O3S. The van der Waals surface area contributed by atoms with Gasteiger partial charge in [0, 0.05) is 30.0 Å². The molecule has 0 radical (unpaired) electrons. The average Bonchev–Trinajstić information content (AvgIpc) is 2.75. The Balaban J connectivity index is 2.04. The van der Waals surface area contributed by atoms with E-state index >= 15 is 0 Å². The summed E-state index contributed by atoms with van der Waals surface area (Å²) < 4.78 is 1.61. The summed E-state index contributed by atoms with van der Waals surface area (Å²) in [6.07, 6.45) is 4.34. The molecule has 0 aliphatic carbocycles. The van der Waals surface area contributed by atoms with E-state index in [9.17, 15) is 15.2 Å². The van der Waals surface area contributed by atoms with Gasteiger partial charge in [0.25, 0.3) is 5.69 Å². The molecule has 0 spiro atoms. The van der Waals surface area contributed by atoms with E-state index in [0.717, 1.165) is 12.1 Å². The molecule has 0 aliphatic heterocycles. The van der Waals surface area contributed by atoms with Crippen LogP contribution >= 0.6 is 12.2 Å². The zero-order valence-electron chi connectivity index (χ0n) is 15.7. The molecule has 0 fully saturated rings. The van der Waals surface area contributed by atoms with Gasteiger partial charge in [-0.25, -0.2) is 0 Å². The number of thiocarbonyl (C=S) groups is 1. The first kappa shape index (κ1) is 20.2. The zero-order chi connectivity index (χ0) is 20.8. The molecular weight excluding hydrogens is 386 g/mol. The summed E-state index contributed by atoms with van der Waals surface area (Å²) in [5.41, 5.74) is 2.20. The fraction of sp³-hybridized carbons (Fsp3) is 0.0909. The van der Waals surface area contributed by atoms with Crippen molar-refractivity contribution in [1.29, 1.82) is 0 Å². The third-order valence-electron chi connectivity index (χ3n) is 4.34. The van der Waals surface area contributed by atoms with Crippen LogP contribution in [0.1, 0.15) is 18.1 Å². The van der Waals surface area contributed by atoms with Crippen molar-refractivity contribution in [3.63, 3.8) is 0 Å². The third-order valence-corrected chi connectivity index (χ3v) is 4.64. The van der Waals surface area contributed by atoms with E-state index in [1.807, 2.05) is 30.3 Å². The number of benzene rings is 2. The van der Waals surface area contributed by atoms with Gasteiger partial charge in [-0.2, -0.15) is 4.57 Å². The molecule has 3 aromatic rings. The van der Waals surface area contributed by atoms with Crippen LogP contribution in [0.3, 0.4) is 0 Å². The zero-order valence-corrected chi connectivity index (χ0v) is 16.6. The quantitative estimate of drug-likeness (QED) is 0.169. The second kappa shape index (κ2) is 9.07. The van der Waals surface area contributed by atoms with Gasteiger partial charge in [-0.15, -0.1) is 0 Å². The van der Waals surface area contributed by atoms with Crippen molar-refractivity contribution < 1.29 is 14.6 Å². The van der Waals surface area contributed by atoms with E-state index in [0.29, 0.717) is 0 Å². The minimum absolute atomic E-state index is 0.151. The summed E-state index contributed by atoms with van der Waals surface area (Å²) in [5.74, 6) is -0.410. The first-order valence-electron chi connectivity index (χ1n) is 9.02. The fourth-order valence-electron chi connectivity index (χ4n) is 2.80. The molecule has 1 heterocycles. The van der Waals surface area contributed by atoms with Crippen LogP contribution in [0.4, 0.5) is 11.4 Å². The number of non-ortho nitro benzene ring substituents is 1. The molecule has 0 bridgehead atoms. The van der Waals surface area contributed by atoms with Crippen LogP contribution in [-0.4, -0.2) is 9.91 Å². The van der Waals surface area contributed by atoms with E-state index in [2.05, 4.69) is 12.2 Å². The smallest absolute Gasteiger partial charge is 0.270 e. The number of anilines is 1. The third kappa shape index (κ3) is 4.83. The summed E-state index contributed by atoms with van der Waals surface area (Å²) in [7, 11) is 0. The number of nitrogens with zero attached hydrogens (tertiary/aromatic N) is 2. The van der Waals surface area contributed by atoms with Gasteiger partial charge < -0.3 is 10.4 Å². The minimum atomic E-state index is -0.530. The second-order valence-electron chi connectivity index (χ2n) is 6.27. The highest BCUT2D eigenvalue weighted by Crippen LogP contribution is 2.21. The molecule has 6 nitrogen and oxygen atoms in total. The summed E-state index contributed by atoms with van der Waals surface area (Å²) in [5, 5.41) is 27.4. The van der Waals surface area contributed by atoms with E-state index in [4.69, 9.17) is 12.2 Å². The van der Waals surface area contributed by atoms with Gasteiger partial charge in [-0.05, 0) is 35.4 Å². The first-order valence-corrected chi connectivity index (χ1v) is 9.43. The normalized spacial score (nSPS) is 11.5. The number of aromatic nitrogens is 1. The molecule has 1 N–H and O–H groups in total. The number of hydrogen-bond donors (Lipinski definition) is 1. The predicted molar refractivity (Wildman–Crippen MR) is 115 cm³/mol. The fourth-order valence-corrected chi connectivity index (χ4v) is 3.11. The topological polar surface area (TPSA) is 82.1 Å². The van der Waals surface area contributed by atoms with Gasteiger partial charge >= 0.3 is 0 Å². The highest BCUT2D eigenvalue weighted by atomic mass is 32.1. The Morgan fingerprint density at radius 2 is 1.76 bits per heavy atom. The summed E-state index contributed by atoms with van der Waals surface area (Å²) in [6, 6.07) is 18.8. The van der Waals surface area contributed by atoms with Crippen LogP contribution in [0.25, 0.3) is 11.5 Å². The Morgan fingerprint density at radius 3 is 2.38 bits per heavy atom. The molecule has 146 valence electrons. The highest BCUT2D eigenvalue weighted by molar-refractivity contribution is 7.81. The van der Waals surface area contributed by atoms with E-state index in [-0.39, 0.29) is 21.9 Å². The largest absolute Gasteiger partial charge is 0.867 e. The van der Waals surface area contributed by atoms with Crippen molar-refractivity contribution in [2.24, 2.45) is 0 Å². The number of nitro groups is 1. The van der Waals surface area contributed by atoms with E-state index < -0.39 is 10.7 Å². The van der Waals surface area contributed by atoms with E-state index in [1.54, 1.807) is 29.1 Å². The standard InChI is InChI=1S/C22H19N3O3S/c1-2-16-9-11-18(12-10-16)23-22(29)20(24-13-4-3-5-14-24)21(26)17-7-6-8-19(15-17)25(27)28/h3-15H,2H2,1H3,(H-,23,26,29). The Bertz CT molecular complexity index is 1060. The van der Waals surface area contributed by atoms with Crippen LogP contribution in [-0.2, 0) is 6.42 Å². The van der Waals surface area contributed by atoms with Crippen LogP contribution in [0, 0.1) is 10.1 Å². The lowest BCUT2D eigenvalue weighted by Gasteiger charge is -2.17.